The average molecular weight is 1010 g/mol. The van der Waals surface area contributed by atoms with Crippen molar-refractivity contribution in [3.63, 3.8) is 0 Å². The molecule has 0 spiro atoms. The van der Waals surface area contributed by atoms with Gasteiger partial charge in [0.15, 0.2) is 0 Å². The number of aliphatic hydroxyl groups is 7. The molecule has 8 atom stereocenters. The second-order valence-corrected chi connectivity index (χ2v) is 22.5. The molecule has 14 heteroatoms. The van der Waals surface area contributed by atoms with Gasteiger partial charge < -0.3 is 46.0 Å². The van der Waals surface area contributed by atoms with E-state index in [9.17, 15) is 50.0 Å². The number of phosphoric acid groups is 1. The SMILES string of the molecule is CCCCCCCCCCCCCCCCCCCCCCCC(O)C(COP(=O)(O)OC1C(O)C(O)C(O)C(O)C1O)NC(=O)CC(O)CCCCCCCCCCCCCCCCCCCC. The van der Waals surface area contributed by atoms with Crippen LogP contribution in [-0.4, -0.2) is 108 Å². The molecule has 0 radical (unpaired) electrons. The Kier molecular flexibility index (Phi) is 43.0. The van der Waals surface area contributed by atoms with Gasteiger partial charge in [0.25, 0.3) is 0 Å². The van der Waals surface area contributed by atoms with E-state index in [2.05, 4.69) is 19.2 Å². The van der Waals surface area contributed by atoms with E-state index < -0.39 is 75.2 Å². The van der Waals surface area contributed by atoms with Crippen LogP contribution in [0.2, 0.25) is 0 Å². The third-order valence-corrected chi connectivity index (χ3v) is 15.5. The number of nitrogens with one attached hydrogen (secondary N) is 1. The van der Waals surface area contributed by atoms with Crippen LogP contribution in [-0.2, 0) is 18.4 Å². The molecule has 1 rings (SSSR count). The van der Waals surface area contributed by atoms with E-state index in [0.717, 1.165) is 44.9 Å². The summed E-state index contributed by atoms with van der Waals surface area (Å²) in [6.45, 7) is 3.85. The van der Waals surface area contributed by atoms with Gasteiger partial charge in [-0.3, -0.25) is 13.8 Å². The summed E-state index contributed by atoms with van der Waals surface area (Å²) >= 11 is 0. The first-order valence-corrected chi connectivity index (χ1v) is 30.6. The third-order valence-electron chi connectivity index (χ3n) is 14.5. The Balaban J connectivity index is 2.38. The number of rotatable bonds is 50. The molecule has 412 valence electrons. The molecule has 0 saturated heterocycles. The lowest BCUT2D eigenvalue weighted by Crippen LogP contribution is -2.64. The van der Waals surface area contributed by atoms with Crippen molar-refractivity contribution in [3.05, 3.63) is 0 Å². The number of carbonyl (C=O) groups excluding carboxylic acids is 1. The fourth-order valence-electron chi connectivity index (χ4n) is 9.78. The van der Waals surface area contributed by atoms with E-state index in [1.54, 1.807) is 0 Å². The summed E-state index contributed by atoms with van der Waals surface area (Å²) in [5.41, 5.74) is 0. The molecular weight excluding hydrogens is 898 g/mol. The summed E-state index contributed by atoms with van der Waals surface area (Å²) in [6, 6.07) is -1.15. The largest absolute Gasteiger partial charge is 0.472 e. The second kappa shape index (κ2) is 44.8. The molecule has 0 aromatic rings. The minimum absolute atomic E-state index is 0.215. The van der Waals surface area contributed by atoms with Gasteiger partial charge >= 0.3 is 7.82 Å². The van der Waals surface area contributed by atoms with Gasteiger partial charge in [-0.25, -0.2) is 4.57 Å². The lowest BCUT2D eigenvalue weighted by molar-refractivity contribution is -0.220. The summed E-state index contributed by atoms with van der Waals surface area (Å²) in [5, 5.41) is 75.1. The monoisotopic (exact) mass is 1010 g/mol. The Hall–Kier alpha value is -0.700. The summed E-state index contributed by atoms with van der Waals surface area (Å²) in [7, 11) is -5.12. The van der Waals surface area contributed by atoms with Crippen LogP contribution in [0.4, 0.5) is 0 Å². The van der Waals surface area contributed by atoms with Gasteiger partial charge in [-0.15, -0.1) is 0 Å². The molecule has 1 aliphatic carbocycles. The molecule has 0 aromatic carbocycles. The topological polar surface area (TPSA) is 226 Å². The van der Waals surface area contributed by atoms with Crippen molar-refractivity contribution < 1.29 is 59.0 Å². The standard InChI is InChI=1S/C55H110NO12P/c1-3-5-7-9-11-13-15-17-19-21-23-24-25-27-29-31-33-35-37-39-41-43-48(58)47(45-67-69(65,66)68-55-53(63)51(61)50(60)52(62)54(55)64)56-49(59)44-46(57)42-40-38-36-34-32-30-28-26-22-20-18-16-14-12-10-8-6-4-2/h46-48,50-55,57-58,60-64H,3-45H2,1-2H3,(H,56,59)(H,65,66). The molecule has 0 heterocycles. The molecule has 0 bridgehead atoms. The van der Waals surface area contributed by atoms with Crippen LogP contribution < -0.4 is 5.32 Å². The highest BCUT2D eigenvalue weighted by atomic mass is 31.2. The van der Waals surface area contributed by atoms with Crippen LogP contribution in [0.5, 0.6) is 0 Å². The Labute approximate surface area is 421 Å². The number of unbranched alkanes of at least 4 members (excludes halogenated alkanes) is 37. The molecule has 9 N–H and O–H groups in total. The minimum atomic E-state index is -5.12. The first kappa shape index (κ1) is 66.3. The molecule has 13 nitrogen and oxygen atoms in total. The van der Waals surface area contributed by atoms with E-state index >= 15 is 0 Å². The maximum absolute atomic E-state index is 13.1. The predicted octanol–water partition coefficient (Wildman–Crippen LogP) is 11.9. The lowest BCUT2D eigenvalue weighted by atomic mass is 9.85. The van der Waals surface area contributed by atoms with Crippen LogP contribution in [0.1, 0.15) is 284 Å². The van der Waals surface area contributed by atoms with Crippen molar-refractivity contribution >= 4 is 13.7 Å². The van der Waals surface area contributed by atoms with E-state index in [1.807, 2.05) is 0 Å². The second-order valence-electron chi connectivity index (χ2n) is 21.0. The first-order chi connectivity index (χ1) is 33.3. The Morgan fingerprint density at radius 3 is 1.04 bits per heavy atom. The maximum atomic E-state index is 13.1. The van der Waals surface area contributed by atoms with Gasteiger partial charge in [-0.05, 0) is 12.8 Å². The predicted molar refractivity (Wildman–Crippen MR) is 280 cm³/mol. The summed E-state index contributed by atoms with van der Waals surface area (Å²) in [5.74, 6) is -0.552. The van der Waals surface area contributed by atoms with Gasteiger partial charge in [0.1, 0.15) is 36.6 Å². The first-order valence-electron chi connectivity index (χ1n) is 29.1. The maximum Gasteiger partial charge on any atom is 0.472 e. The van der Waals surface area contributed by atoms with Crippen LogP contribution in [0.15, 0.2) is 0 Å². The van der Waals surface area contributed by atoms with Crippen molar-refractivity contribution in [1.29, 1.82) is 0 Å². The molecule has 1 fully saturated rings. The molecule has 0 aromatic heterocycles. The van der Waals surface area contributed by atoms with E-state index in [1.165, 1.54) is 199 Å². The zero-order chi connectivity index (χ0) is 50.8. The molecular formula is C55H110NO12P. The zero-order valence-electron chi connectivity index (χ0n) is 44.3. The Bertz CT molecular complexity index is 1190. The van der Waals surface area contributed by atoms with E-state index in [-0.39, 0.29) is 12.8 Å². The highest BCUT2D eigenvalue weighted by Gasteiger charge is 2.51. The van der Waals surface area contributed by atoms with Crippen molar-refractivity contribution in [2.45, 2.75) is 338 Å². The molecule has 8 unspecified atom stereocenters. The smallest absolute Gasteiger partial charge is 0.393 e. The van der Waals surface area contributed by atoms with Crippen molar-refractivity contribution in [2.24, 2.45) is 0 Å². The third kappa shape index (κ3) is 36.0. The molecule has 1 saturated carbocycles. The van der Waals surface area contributed by atoms with Crippen molar-refractivity contribution in [3.8, 4) is 0 Å². The van der Waals surface area contributed by atoms with Crippen LogP contribution >= 0.6 is 7.82 Å². The van der Waals surface area contributed by atoms with Crippen LogP contribution in [0, 0.1) is 0 Å². The fourth-order valence-corrected chi connectivity index (χ4v) is 10.7. The van der Waals surface area contributed by atoms with Gasteiger partial charge in [0, 0.05) is 0 Å². The number of hydrogen-bond donors (Lipinski definition) is 9. The Morgan fingerprint density at radius 1 is 0.449 bits per heavy atom. The highest BCUT2D eigenvalue weighted by molar-refractivity contribution is 7.47. The number of phosphoric ester groups is 1. The quantitative estimate of drug-likeness (QED) is 0.0205. The zero-order valence-corrected chi connectivity index (χ0v) is 45.2. The number of hydrogen-bond acceptors (Lipinski definition) is 11. The van der Waals surface area contributed by atoms with Gasteiger partial charge in [-0.1, -0.05) is 264 Å². The Morgan fingerprint density at radius 2 is 0.725 bits per heavy atom. The van der Waals surface area contributed by atoms with E-state index in [0.29, 0.717) is 12.8 Å². The number of carbonyl (C=O) groups is 1. The van der Waals surface area contributed by atoms with Crippen molar-refractivity contribution in [2.75, 3.05) is 6.61 Å². The average Bonchev–Trinajstić information content (AvgIpc) is 3.32. The normalized spacial score (nSPS) is 21.8. The number of amides is 1. The molecule has 69 heavy (non-hydrogen) atoms. The van der Waals surface area contributed by atoms with E-state index in [4.69, 9.17) is 9.05 Å². The summed E-state index contributed by atoms with van der Waals surface area (Å²) in [4.78, 5) is 23.6. The number of aliphatic hydroxyl groups excluding tert-OH is 7. The van der Waals surface area contributed by atoms with Crippen LogP contribution in [0.3, 0.4) is 0 Å². The lowest BCUT2D eigenvalue weighted by Gasteiger charge is -2.41. The van der Waals surface area contributed by atoms with Gasteiger partial charge in [-0.2, -0.15) is 0 Å². The fraction of sp³-hybridized carbons (Fsp3) is 0.982. The minimum Gasteiger partial charge on any atom is -0.393 e. The summed E-state index contributed by atoms with van der Waals surface area (Å²) < 4.78 is 23.1. The molecule has 1 amide bonds. The van der Waals surface area contributed by atoms with Crippen molar-refractivity contribution in [1.82, 2.24) is 5.32 Å². The van der Waals surface area contributed by atoms with Crippen LogP contribution in [0.25, 0.3) is 0 Å². The molecule has 1 aliphatic rings. The molecule has 0 aliphatic heterocycles. The summed E-state index contributed by atoms with van der Waals surface area (Å²) in [6.07, 6.45) is 35.7. The van der Waals surface area contributed by atoms with Gasteiger partial charge in [0.05, 0.1) is 31.3 Å². The highest BCUT2D eigenvalue weighted by Crippen LogP contribution is 2.47. The van der Waals surface area contributed by atoms with Gasteiger partial charge in [0.2, 0.25) is 5.91 Å².